The normalized spacial score (nSPS) is 10.6. The maximum atomic E-state index is 11.2. The highest BCUT2D eigenvalue weighted by molar-refractivity contribution is 6.30. The lowest BCUT2D eigenvalue weighted by atomic mass is 10.1. The molecule has 0 unspecified atom stereocenters. The first-order valence-corrected chi connectivity index (χ1v) is 6.88. The molecule has 0 aliphatic rings. The molecule has 110 valence electrons. The molecule has 0 N–H and O–H groups in total. The highest BCUT2D eigenvalue weighted by Crippen LogP contribution is 2.29. The summed E-state index contributed by atoms with van der Waals surface area (Å²) in [5.41, 5.74) is 2.53. The molecule has 0 aliphatic carbocycles. The second kappa shape index (κ2) is 5.57. The van der Waals surface area contributed by atoms with Gasteiger partial charge in [0.2, 0.25) is 0 Å². The van der Waals surface area contributed by atoms with Crippen molar-refractivity contribution in [2.45, 2.75) is 6.92 Å². The molecule has 2 aromatic carbocycles. The first kappa shape index (κ1) is 14.2. The maximum Gasteiger partial charge on any atom is 0.296 e. The van der Waals surface area contributed by atoms with Gasteiger partial charge in [-0.3, -0.25) is 10.1 Å². The molecular weight excluding hydrogens is 304 g/mol. The van der Waals surface area contributed by atoms with Gasteiger partial charge in [-0.15, -0.1) is 5.10 Å². The van der Waals surface area contributed by atoms with Crippen molar-refractivity contribution in [2.24, 2.45) is 0 Å². The van der Waals surface area contributed by atoms with Crippen LogP contribution in [-0.4, -0.2) is 19.9 Å². The summed E-state index contributed by atoms with van der Waals surface area (Å²) in [6.07, 6.45) is 0. The van der Waals surface area contributed by atoms with Crippen LogP contribution in [0.25, 0.3) is 16.9 Å². The fourth-order valence-electron chi connectivity index (χ4n) is 2.24. The number of nitro benzene ring substituents is 1. The van der Waals surface area contributed by atoms with Crippen LogP contribution in [0.3, 0.4) is 0 Å². The van der Waals surface area contributed by atoms with Crippen LogP contribution in [0.1, 0.15) is 5.69 Å². The fraction of sp³-hybridized carbons (Fsp3) is 0.0667. The van der Waals surface area contributed by atoms with Crippen molar-refractivity contribution in [3.8, 4) is 16.9 Å². The molecule has 1 heterocycles. The number of nitro groups is 1. The van der Waals surface area contributed by atoms with E-state index in [-0.39, 0.29) is 5.69 Å². The van der Waals surface area contributed by atoms with E-state index in [2.05, 4.69) is 10.3 Å². The molecule has 0 saturated heterocycles. The van der Waals surface area contributed by atoms with Gasteiger partial charge in [0.1, 0.15) is 11.4 Å². The molecule has 0 atom stereocenters. The second-order valence-corrected chi connectivity index (χ2v) is 5.13. The van der Waals surface area contributed by atoms with Gasteiger partial charge in [0, 0.05) is 16.7 Å². The van der Waals surface area contributed by atoms with Crippen LogP contribution >= 0.6 is 11.6 Å². The molecule has 0 bridgehead atoms. The lowest BCUT2D eigenvalue weighted by Gasteiger charge is -2.05. The lowest BCUT2D eigenvalue weighted by molar-refractivity contribution is -0.384. The predicted octanol–water partition coefficient (Wildman–Crippen LogP) is 3.80. The molecule has 0 amide bonds. The van der Waals surface area contributed by atoms with E-state index >= 15 is 0 Å². The first-order valence-electron chi connectivity index (χ1n) is 6.50. The van der Waals surface area contributed by atoms with Crippen LogP contribution in [0.5, 0.6) is 0 Å². The molecule has 0 saturated carbocycles. The van der Waals surface area contributed by atoms with Crippen molar-refractivity contribution in [3.63, 3.8) is 0 Å². The van der Waals surface area contributed by atoms with E-state index in [1.165, 1.54) is 10.7 Å². The smallest absolute Gasteiger partial charge is 0.258 e. The van der Waals surface area contributed by atoms with Crippen LogP contribution in [0.4, 0.5) is 5.69 Å². The Morgan fingerprint density at radius 2 is 1.91 bits per heavy atom. The van der Waals surface area contributed by atoms with Crippen molar-refractivity contribution < 1.29 is 4.92 Å². The lowest BCUT2D eigenvalue weighted by Crippen LogP contribution is -2.03. The summed E-state index contributed by atoms with van der Waals surface area (Å²) in [5.74, 6) is 0. The summed E-state index contributed by atoms with van der Waals surface area (Å²) in [6, 6.07) is 14.0. The Kier molecular flexibility index (Phi) is 3.60. The first-order chi connectivity index (χ1) is 10.6. The third-order valence-corrected chi connectivity index (χ3v) is 3.54. The van der Waals surface area contributed by atoms with Gasteiger partial charge in [0.15, 0.2) is 0 Å². The van der Waals surface area contributed by atoms with E-state index in [1.54, 1.807) is 12.1 Å². The monoisotopic (exact) mass is 314 g/mol. The van der Waals surface area contributed by atoms with E-state index in [0.717, 1.165) is 11.3 Å². The van der Waals surface area contributed by atoms with E-state index < -0.39 is 4.92 Å². The van der Waals surface area contributed by atoms with Crippen molar-refractivity contribution >= 4 is 17.3 Å². The Balaban J connectivity index is 2.16. The highest BCUT2D eigenvalue weighted by Gasteiger charge is 2.20. The van der Waals surface area contributed by atoms with Gasteiger partial charge in [0.05, 0.1) is 10.6 Å². The SMILES string of the molecule is Cc1c(-c2ccccc2)nnn1-c1ccc(Cl)cc1[N+](=O)[O-]. The maximum absolute atomic E-state index is 11.2. The minimum absolute atomic E-state index is 0.111. The minimum atomic E-state index is -0.482. The standard InChI is InChI=1S/C15H11ClN4O2/c1-10-15(11-5-3-2-4-6-11)17-18-19(10)13-8-7-12(16)9-14(13)20(21)22/h2-9H,1H3. The van der Waals surface area contributed by atoms with Gasteiger partial charge in [-0.1, -0.05) is 47.1 Å². The van der Waals surface area contributed by atoms with Gasteiger partial charge in [0.25, 0.3) is 5.69 Å². The summed E-state index contributed by atoms with van der Waals surface area (Å²) in [7, 11) is 0. The molecule has 7 heteroatoms. The highest BCUT2D eigenvalue weighted by atomic mass is 35.5. The third kappa shape index (κ3) is 2.44. The van der Waals surface area contributed by atoms with Crippen LogP contribution in [-0.2, 0) is 0 Å². The molecule has 6 nitrogen and oxygen atoms in total. The largest absolute Gasteiger partial charge is 0.296 e. The topological polar surface area (TPSA) is 73.8 Å². The number of hydrogen-bond donors (Lipinski definition) is 0. The summed E-state index contributed by atoms with van der Waals surface area (Å²) in [4.78, 5) is 10.7. The third-order valence-electron chi connectivity index (χ3n) is 3.30. The fourth-order valence-corrected chi connectivity index (χ4v) is 2.41. The van der Waals surface area contributed by atoms with Gasteiger partial charge in [-0.2, -0.15) is 0 Å². The molecule has 0 spiro atoms. The number of benzene rings is 2. The van der Waals surface area contributed by atoms with Crippen molar-refractivity contribution in [2.75, 3.05) is 0 Å². The number of hydrogen-bond acceptors (Lipinski definition) is 4. The Bertz CT molecular complexity index is 846. The molecule has 0 fully saturated rings. The number of rotatable bonds is 3. The van der Waals surface area contributed by atoms with Crippen LogP contribution < -0.4 is 0 Å². The van der Waals surface area contributed by atoms with Crippen LogP contribution in [0, 0.1) is 17.0 Å². The van der Waals surface area contributed by atoms with Crippen molar-refractivity contribution in [3.05, 3.63) is 69.4 Å². The van der Waals surface area contributed by atoms with Gasteiger partial charge >= 0.3 is 0 Å². The van der Waals surface area contributed by atoms with E-state index in [0.29, 0.717) is 16.4 Å². The summed E-state index contributed by atoms with van der Waals surface area (Å²) in [5, 5.41) is 19.7. The van der Waals surface area contributed by atoms with Gasteiger partial charge in [-0.25, -0.2) is 4.68 Å². The Morgan fingerprint density at radius 3 is 2.59 bits per heavy atom. The minimum Gasteiger partial charge on any atom is -0.258 e. The number of halogens is 1. The zero-order valence-electron chi connectivity index (χ0n) is 11.6. The zero-order chi connectivity index (χ0) is 15.7. The molecule has 0 radical (unpaired) electrons. The second-order valence-electron chi connectivity index (χ2n) is 4.69. The van der Waals surface area contributed by atoms with Crippen molar-refractivity contribution in [1.82, 2.24) is 15.0 Å². The average molecular weight is 315 g/mol. The van der Waals surface area contributed by atoms with E-state index in [4.69, 9.17) is 11.6 Å². The summed E-state index contributed by atoms with van der Waals surface area (Å²) >= 11 is 5.84. The van der Waals surface area contributed by atoms with E-state index in [1.807, 2.05) is 37.3 Å². The quantitative estimate of drug-likeness (QED) is 0.544. The average Bonchev–Trinajstić information content (AvgIpc) is 2.89. The summed E-state index contributed by atoms with van der Waals surface area (Å²) in [6.45, 7) is 1.82. The molecule has 1 aromatic heterocycles. The molecular formula is C15H11ClN4O2. The molecule has 0 aliphatic heterocycles. The van der Waals surface area contributed by atoms with Crippen LogP contribution in [0.2, 0.25) is 5.02 Å². The van der Waals surface area contributed by atoms with E-state index in [9.17, 15) is 10.1 Å². The zero-order valence-corrected chi connectivity index (χ0v) is 12.4. The van der Waals surface area contributed by atoms with Crippen LogP contribution in [0.15, 0.2) is 48.5 Å². The van der Waals surface area contributed by atoms with Gasteiger partial charge in [-0.05, 0) is 19.1 Å². The Morgan fingerprint density at radius 1 is 1.18 bits per heavy atom. The Labute approximate surface area is 131 Å². The van der Waals surface area contributed by atoms with Crippen molar-refractivity contribution in [1.29, 1.82) is 0 Å². The van der Waals surface area contributed by atoms with Gasteiger partial charge < -0.3 is 0 Å². The molecule has 3 rings (SSSR count). The summed E-state index contributed by atoms with van der Waals surface area (Å²) < 4.78 is 1.46. The molecule has 3 aromatic rings. The number of aromatic nitrogens is 3. The molecule has 22 heavy (non-hydrogen) atoms. The number of nitrogens with zero attached hydrogens (tertiary/aromatic N) is 4. The predicted molar refractivity (Wildman–Crippen MR) is 83.2 cm³/mol. The Hall–Kier alpha value is -2.73.